The lowest BCUT2D eigenvalue weighted by Crippen LogP contribution is -2.42. The highest BCUT2D eigenvalue weighted by Crippen LogP contribution is 2.36. The number of rotatable bonds is 3. The molecule has 0 radical (unpaired) electrons. The van der Waals surface area contributed by atoms with E-state index in [0.29, 0.717) is 18.0 Å². The second kappa shape index (κ2) is 6.40. The Morgan fingerprint density at radius 3 is 2.56 bits per heavy atom. The lowest BCUT2D eigenvalue weighted by molar-refractivity contribution is 0.298. The SMILES string of the molecule is O=S(=O)(c1ccc(Br)cc1)N1CCn2cccc2C1c1cccnc1. The minimum Gasteiger partial charge on any atom is -0.348 e. The Bertz CT molecular complexity index is 985. The quantitative estimate of drug-likeness (QED) is 0.655. The molecule has 1 unspecified atom stereocenters. The highest BCUT2D eigenvalue weighted by Gasteiger charge is 2.37. The van der Waals surface area contributed by atoms with Gasteiger partial charge in [-0.15, -0.1) is 0 Å². The molecule has 2 aromatic heterocycles. The van der Waals surface area contributed by atoms with E-state index in [4.69, 9.17) is 0 Å². The van der Waals surface area contributed by atoms with Crippen molar-refractivity contribution in [3.8, 4) is 0 Å². The smallest absolute Gasteiger partial charge is 0.244 e. The van der Waals surface area contributed by atoms with Gasteiger partial charge >= 0.3 is 0 Å². The number of hydrogen-bond donors (Lipinski definition) is 0. The van der Waals surface area contributed by atoms with E-state index < -0.39 is 10.0 Å². The van der Waals surface area contributed by atoms with Gasteiger partial charge in [-0.3, -0.25) is 4.98 Å². The van der Waals surface area contributed by atoms with Gasteiger partial charge in [0.1, 0.15) is 0 Å². The fourth-order valence-corrected chi connectivity index (χ4v) is 5.08. The molecule has 0 aliphatic carbocycles. The van der Waals surface area contributed by atoms with Gasteiger partial charge in [0.2, 0.25) is 10.0 Å². The molecule has 0 spiro atoms. The fraction of sp³-hybridized carbons (Fsp3) is 0.167. The van der Waals surface area contributed by atoms with Gasteiger partial charge in [-0.1, -0.05) is 22.0 Å². The molecule has 0 saturated carbocycles. The summed E-state index contributed by atoms with van der Waals surface area (Å²) in [6.45, 7) is 1.05. The predicted octanol–water partition coefficient (Wildman–Crippen LogP) is 3.44. The lowest BCUT2D eigenvalue weighted by Gasteiger charge is -2.36. The van der Waals surface area contributed by atoms with E-state index in [1.165, 1.54) is 0 Å². The Morgan fingerprint density at radius 1 is 1.04 bits per heavy atom. The molecule has 0 amide bonds. The molecule has 1 atom stereocenters. The molecular formula is C18H16BrN3O2S. The standard InChI is InChI=1S/C18H16BrN3O2S/c19-15-5-7-16(8-6-15)25(23,24)22-12-11-21-10-2-4-17(21)18(22)14-3-1-9-20-13-14/h1-10,13,18H,11-12H2. The molecule has 5 nitrogen and oxygen atoms in total. The molecule has 0 N–H and O–H groups in total. The van der Waals surface area contributed by atoms with E-state index in [9.17, 15) is 8.42 Å². The first-order valence-electron chi connectivity index (χ1n) is 7.90. The zero-order chi connectivity index (χ0) is 17.4. The summed E-state index contributed by atoms with van der Waals surface area (Å²) in [6.07, 6.45) is 5.42. The molecule has 1 aromatic carbocycles. The second-order valence-corrected chi connectivity index (χ2v) is 8.69. The first-order chi connectivity index (χ1) is 12.1. The zero-order valence-electron chi connectivity index (χ0n) is 13.3. The van der Waals surface area contributed by atoms with Gasteiger partial charge in [0.05, 0.1) is 10.9 Å². The monoisotopic (exact) mass is 417 g/mol. The van der Waals surface area contributed by atoms with Crippen molar-refractivity contribution in [3.05, 3.63) is 82.9 Å². The van der Waals surface area contributed by atoms with Crippen molar-refractivity contribution in [2.24, 2.45) is 0 Å². The van der Waals surface area contributed by atoms with Gasteiger partial charge in [0.15, 0.2) is 0 Å². The molecule has 128 valence electrons. The van der Waals surface area contributed by atoms with E-state index >= 15 is 0 Å². The van der Waals surface area contributed by atoms with E-state index in [0.717, 1.165) is 15.7 Å². The van der Waals surface area contributed by atoms with Crippen LogP contribution in [0.25, 0.3) is 0 Å². The van der Waals surface area contributed by atoms with Crippen molar-refractivity contribution in [1.29, 1.82) is 0 Å². The van der Waals surface area contributed by atoms with Crippen molar-refractivity contribution < 1.29 is 8.42 Å². The number of benzene rings is 1. The highest BCUT2D eigenvalue weighted by atomic mass is 79.9. The number of sulfonamides is 1. The molecule has 1 aliphatic rings. The second-order valence-electron chi connectivity index (χ2n) is 5.89. The van der Waals surface area contributed by atoms with E-state index in [2.05, 4.69) is 25.5 Å². The van der Waals surface area contributed by atoms with Gasteiger partial charge in [-0.05, 0) is 48.0 Å². The molecular weight excluding hydrogens is 402 g/mol. The number of fused-ring (bicyclic) bond motifs is 1. The molecule has 4 rings (SSSR count). The van der Waals surface area contributed by atoms with Crippen LogP contribution in [0.1, 0.15) is 17.3 Å². The van der Waals surface area contributed by atoms with Crippen LogP contribution in [0, 0.1) is 0 Å². The third-order valence-corrected chi connectivity index (χ3v) is 6.82. The highest BCUT2D eigenvalue weighted by molar-refractivity contribution is 9.10. The van der Waals surface area contributed by atoms with Gasteiger partial charge in [0.25, 0.3) is 0 Å². The number of halogens is 1. The van der Waals surface area contributed by atoms with Crippen LogP contribution in [-0.2, 0) is 16.6 Å². The molecule has 25 heavy (non-hydrogen) atoms. The summed E-state index contributed by atoms with van der Waals surface area (Å²) in [4.78, 5) is 4.48. The maximum atomic E-state index is 13.3. The maximum absolute atomic E-state index is 13.3. The summed E-state index contributed by atoms with van der Waals surface area (Å²) >= 11 is 3.35. The van der Waals surface area contributed by atoms with Crippen molar-refractivity contribution >= 4 is 26.0 Å². The van der Waals surface area contributed by atoms with Gasteiger partial charge in [-0.25, -0.2) is 8.42 Å². The van der Waals surface area contributed by atoms with Gasteiger partial charge in [0, 0.05) is 41.8 Å². The summed E-state index contributed by atoms with van der Waals surface area (Å²) in [5, 5.41) is 0. The average Bonchev–Trinajstić information content (AvgIpc) is 3.10. The van der Waals surface area contributed by atoms with Crippen LogP contribution in [0.15, 0.2) is 76.5 Å². The van der Waals surface area contributed by atoms with Gasteiger partial charge in [-0.2, -0.15) is 4.31 Å². The van der Waals surface area contributed by atoms with Crippen molar-refractivity contribution in [1.82, 2.24) is 13.9 Å². The lowest BCUT2D eigenvalue weighted by atomic mass is 10.0. The molecule has 0 saturated heterocycles. The number of aromatic nitrogens is 2. The van der Waals surface area contributed by atoms with E-state index in [1.54, 1.807) is 41.0 Å². The van der Waals surface area contributed by atoms with Gasteiger partial charge < -0.3 is 4.57 Å². The number of nitrogens with zero attached hydrogens (tertiary/aromatic N) is 3. The number of hydrogen-bond acceptors (Lipinski definition) is 3. The normalized spacial score (nSPS) is 18.0. The summed E-state index contributed by atoms with van der Waals surface area (Å²) in [5.74, 6) is 0. The third kappa shape index (κ3) is 2.92. The topological polar surface area (TPSA) is 55.2 Å². The first-order valence-corrected chi connectivity index (χ1v) is 10.1. The first kappa shape index (κ1) is 16.5. The summed E-state index contributed by atoms with van der Waals surface area (Å²) < 4.78 is 31.1. The molecule has 3 heterocycles. The van der Waals surface area contributed by atoms with E-state index in [-0.39, 0.29) is 6.04 Å². The van der Waals surface area contributed by atoms with Crippen LogP contribution in [0.2, 0.25) is 0 Å². The van der Waals surface area contributed by atoms with E-state index in [1.807, 2.05) is 30.5 Å². The van der Waals surface area contributed by atoms with Crippen LogP contribution in [0.3, 0.4) is 0 Å². The van der Waals surface area contributed by atoms with Crippen LogP contribution in [-0.4, -0.2) is 28.8 Å². The fourth-order valence-electron chi connectivity index (χ4n) is 3.24. The van der Waals surface area contributed by atoms with Crippen LogP contribution >= 0.6 is 15.9 Å². The third-order valence-electron chi connectivity index (χ3n) is 4.41. The average molecular weight is 418 g/mol. The Morgan fingerprint density at radius 2 is 1.84 bits per heavy atom. The molecule has 0 bridgehead atoms. The van der Waals surface area contributed by atoms with Crippen molar-refractivity contribution in [2.45, 2.75) is 17.5 Å². The maximum Gasteiger partial charge on any atom is 0.244 e. The largest absolute Gasteiger partial charge is 0.348 e. The Kier molecular flexibility index (Phi) is 4.23. The minimum absolute atomic E-state index is 0.296. The molecule has 3 aromatic rings. The zero-order valence-corrected chi connectivity index (χ0v) is 15.7. The Balaban J connectivity index is 1.84. The molecule has 1 aliphatic heterocycles. The van der Waals surface area contributed by atoms with Crippen molar-refractivity contribution in [3.63, 3.8) is 0 Å². The van der Waals surface area contributed by atoms with Crippen LogP contribution in [0.4, 0.5) is 0 Å². The Labute approximate surface area is 155 Å². The predicted molar refractivity (Wildman–Crippen MR) is 98.5 cm³/mol. The molecule has 7 heteroatoms. The summed E-state index contributed by atoms with van der Waals surface area (Å²) in [7, 11) is -3.63. The van der Waals surface area contributed by atoms with Crippen molar-refractivity contribution in [2.75, 3.05) is 6.54 Å². The van der Waals surface area contributed by atoms with Crippen LogP contribution < -0.4 is 0 Å². The minimum atomic E-state index is -3.63. The van der Waals surface area contributed by atoms with Crippen LogP contribution in [0.5, 0.6) is 0 Å². The number of pyridine rings is 1. The molecule has 0 fully saturated rings. The Hall–Kier alpha value is -1.96. The summed E-state index contributed by atoms with van der Waals surface area (Å²) in [5.41, 5.74) is 1.82. The summed E-state index contributed by atoms with van der Waals surface area (Å²) in [6, 6.07) is 14.1.